The Balaban J connectivity index is 3.49. The maximum atomic E-state index is 10.4. The Morgan fingerprint density at radius 3 is 2.40 bits per heavy atom. The van der Waals surface area contributed by atoms with Gasteiger partial charge in [-0.05, 0) is 6.42 Å². The summed E-state index contributed by atoms with van der Waals surface area (Å²) >= 11 is 0. The van der Waals surface area contributed by atoms with Crippen LogP contribution < -0.4 is 0 Å². The second kappa shape index (κ2) is 4.65. The largest absolute Gasteiger partial charge is 0.399 e. The van der Waals surface area contributed by atoms with Gasteiger partial charge in [0.25, 0.3) is 0 Å². The molecule has 0 aliphatic heterocycles. The normalized spacial score (nSPS) is 11.8. The van der Waals surface area contributed by atoms with E-state index in [1.54, 1.807) is 0 Å². The lowest BCUT2D eigenvalue weighted by atomic mass is 10.4. The fraction of sp³-hybridized carbons (Fsp3) is 1.00. The molecule has 0 aromatic carbocycles. The first kappa shape index (κ1) is 9.87. The van der Waals surface area contributed by atoms with Crippen LogP contribution >= 0.6 is 0 Å². The highest BCUT2D eigenvalue weighted by atomic mass is 32.3. The van der Waals surface area contributed by atoms with E-state index in [0.29, 0.717) is 0 Å². The SMILES string of the molecule is CCCCOS(=O)(=O)OC. The van der Waals surface area contributed by atoms with E-state index in [1.807, 2.05) is 6.92 Å². The Bertz CT molecular complexity index is 160. The van der Waals surface area contributed by atoms with Crippen molar-refractivity contribution in [2.45, 2.75) is 19.8 Å². The summed E-state index contributed by atoms with van der Waals surface area (Å²) in [7, 11) is -2.62. The minimum absolute atomic E-state index is 0.201. The Labute approximate surface area is 61.5 Å². The van der Waals surface area contributed by atoms with Crippen molar-refractivity contribution in [3.63, 3.8) is 0 Å². The molecule has 0 fully saturated rings. The van der Waals surface area contributed by atoms with Gasteiger partial charge in [0, 0.05) is 0 Å². The molecule has 0 aliphatic rings. The standard InChI is InChI=1S/C5H12O4S/c1-3-4-5-9-10(6,7)8-2/h3-5H2,1-2H3. The molecule has 4 nitrogen and oxygen atoms in total. The molecule has 10 heavy (non-hydrogen) atoms. The van der Waals surface area contributed by atoms with Gasteiger partial charge in [0.05, 0.1) is 13.7 Å². The van der Waals surface area contributed by atoms with Crippen LogP contribution in [-0.2, 0) is 18.8 Å². The van der Waals surface area contributed by atoms with Crippen LogP contribution in [0.1, 0.15) is 19.8 Å². The monoisotopic (exact) mass is 168 g/mol. The molecule has 0 radical (unpaired) electrons. The van der Waals surface area contributed by atoms with Crippen LogP contribution in [0.4, 0.5) is 0 Å². The van der Waals surface area contributed by atoms with E-state index in [-0.39, 0.29) is 6.61 Å². The highest BCUT2D eigenvalue weighted by Crippen LogP contribution is 1.95. The summed E-state index contributed by atoms with van der Waals surface area (Å²) in [6, 6.07) is 0. The highest BCUT2D eigenvalue weighted by Gasteiger charge is 2.06. The first-order chi connectivity index (χ1) is 4.62. The van der Waals surface area contributed by atoms with Crippen molar-refractivity contribution in [2.24, 2.45) is 0 Å². The van der Waals surface area contributed by atoms with Crippen molar-refractivity contribution in [3.8, 4) is 0 Å². The smallest absolute Gasteiger partial charge is 0.252 e. The van der Waals surface area contributed by atoms with Crippen LogP contribution in [0.25, 0.3) is 0 Å². The fourth-order valence-corrected chi connectivity index (χ4v) is 0.772. The van der Waals surface area contributed by atoms with E-state index < -0.39 is 10.4 Å². The van der Waals surface area contributed by atoms with E-state index >= 15 is 0 Å². The van der Waals surface area contributed by atoms with Gasteiger partial charge in [-0.25, -0.2) is 4.18 Å². The van der Waals surface area contributed by atoms with Crippen molar-refractivity contribution in [1.29, 1.82) is 0 Å². The summed E-state index contributed by atoms with van der Waals surface area (Å²) in [5.74, 6) is 0. The molecule has 0 aromatic heterocycles. The maximum Gasteiger partial charge on any atom is 0.399 e. The van der Waals surface area contributed by atoms with Gasteiger partial charge in [0.15, 0.2) is 0 Å². The Kier molecular flexibility index (Phi) is 4.59. The molecular formula is C5H12O4S. The summed E-state index contributed by atoms with van der Waals surface area (Å²) in [5.41, 5.74) is 0. The lowest BCUT2D eigenvalue weighted by Crippen LogP contribution is -2.07. The lowest BCUT2D eigenvalue weighted by molar-refractivity contribution is 0.240. The van der Waals surface area contributed by atoms with Gasteiger partial charge in [-0.1, -0.05) is 13.3 Å². The number of rotatable bonds is 5. The van der Waals surface area contributed by atoms with Crippen LogP contribution in [0.5, 0.6) is 0 Å². The summed E-state index contributed by atoms with van der Waals surface area (Å²) in [4.78, 5) is 0. The highest BCUT2D eigenvalue weighted by molar-refractivity contribution is 7.81. The topological polar surface area (TPSA) is 52.6 Å². The van der Waals surface area contributed by atoms with E-state index in [1.165, 1.54) is 0 Å². The summed E-state index contributed by atoms with van der Waals surface area (Å²) < 4.78 is 29.3. The first-order valence-electron chi connectivity index (χ1n) is 3.07. The van der Waals surface area contributed by atoms with Crippen molar-refractivity contribution in [1.82, 2.24) is 0 Å². The van der Waals surface area contributed by atoms with Gasteiger partial charge in [-0.3, -0.25) is 4.18 Å². The predicted octanol–water partition coefficient (Wildman–Crippen LogP) is 0.694. The molecule has 0 saturated heterocycles. The van der Waals surface area contributed by atoms with Gasteiger partial charge in [0.2, 0.25) is 0 Å². The third kappa shape index (κ3) is 4.72. The predicted molar refractivity (Wildman–Crippen MR) is 36.8 cm³/mol. The molecule has 0 bridgehead atoms. The minimum Gasteiger partial charge on any atom is -0.252 e. The van der Waals surface area contributed by atoms with E-state index in [2.05, 4.69) is 8.37 Å². The maximum absolute atomic E-state index is 10.4. The zero-order valence-corrected chi connectivity index (χ0v) is 6.98. The van der Waals surface area contributed by atoms with Gasteiger partial charge in [-0.2, -0.15) is 8.42 Å². The first-order valence-corrected chi connectivity index (χ1v) is 4.40. The second-order valence-electron chi connectivity index (χ2n) is 1.75. The zero-order valence-electron chi connectivity index (χ0n) is 6.16. The second-order valence-corrected chi connectivity index (χ2v) is 3.14. The Morgan fingerprint density at radius 2 is 2.00 bits per heavy atom. The molecule has 0 aliphatic carbocycles. The van der Waals surface area contributed by atoms with Crippen LogP contribution in [0, 0.1) is 0 Å². The third-order valence-corrected chi connectivity index (χ3v) is 1.79. The van der Waals surface area contributed by atoms with Crippen LogP contribution in [0.2, 0.25) is 0 Å². The summed E-state index contributed by atoms with van der Waals surface area (Å²) in [5, 5.41) is 0. The molecule has 0 rings (SSSR count). The van der Waals surface area contributed by atoms with E-state index in [4.69, 9.17) is 0 Å². The summed E-state index contributed by atoms with van der Waals surface area (Å²) in [6.07, 6.45) is 1.63. The van der Waals surface area contributed by atoms with Crippen LogP contribution in [0.3, 0.4) is 0 Å². The van der Waals surface area contributed by atoms with Crippen molar-refractivity contribution >= 4 is 10.4 Å². The Morgan fingerprint density at radius 1 is 1.40 bits per heavy atom. The van der Waals surface area contributed by atoms with Crippen molar-refractivity contribution < 1.29 is 16.8 Å². The zero-order chi connectivity index (χ0) is 8.04. The average molecular weight is 168 g/mol. The number of unbranched alkanes of at least 4 members (excludes halogenated alkanes) is 1. The molecule has 0 unspecified atom stereocenters. The molecular weight excluding hydrogens is 156 g/mol. The van der Waals surface area contributed by atoms with Gasteiger partial charge >= 0.3 is 10.4 Å². The number of hydrogen-bond donors (Lipinski definition) is 0. The van der Waals surface area contributed by atoms with Crippen LogP contribution in [-0.4, -0.2) is 22.1 Å². The molecule has 0 amide bonds. The lowest BCUT2D eigenvalue weighted by Gasteiger charge is -1.99. The molecule has 5 heteroatoms. The number of hydrogen-bond acceptors (Lipinski definition) is 4. The van der Waals surface area contributed by atoms with Gasteiger partial charge in [-0.15, -0.1) is 0 Å². The van der Waals surface area contributed by atoms with Crippen molar-refractivity contribution in [3.05, 3.63) is 0 Å². The van der Waals surface area contributed by atoms with E-state index in [9.17, 15) is 8.42 Å². The molecule has 0 saturated carbocycles. The molecule has 0 N–H and O–H groups in total. The Hall–Kier alpha value is -0.130. The third-order valence-electron chi connectivity index (χ3n) is 0.930. The minimum atomic E-state index is -3.69. The van der Waals surface area contributed by atoms with Crippen LogP contribution in [0.15, 0.2) is 0 Å². The molecule has 0 spiro atoms. The quantitative estimate of drug-likeness (QED) is 0.567. The molecule has 62 valence electrons. The van der Waals surface area contributed by atoms with Gasteiger partial charge < -0.3 is 0 Å². The molecule has 0 heterocycles. The molecule has 0 aromatic rings. The van der Waals surface area contributed by atoms with Crippen molar-refractivity contribution in [2.75, 3.05) is 13.7 Å². The van der Waals surface area contributed by atoms with Gasteiger partial charge in [0.1, 0.15) is 0 Å². The van der Waals surface area contributed by atoms with E-state index in [0.717, 1.165) is 20.0 Å². The average Bonchev–Trinajstić information content (AvgIpc) is 1.89. The summed E-state index contributed by atoms with van der Waals surface area (Å²) in [6.45, 7) is 2.15. The molecule has 0 atom stereocenters. The fourth-order valence-electron chi connectivity index (χ4n) is 0.353.